The van der Waals surface area contributed by atoms with Crippen molar-refractivity contribution in [3.8, 4) is 0 Å². The zero-order valence-electron chi connectivity index (χ0n) is 13.9. The summed E-state index contributed by atoms with van der Waals surface area (Å²) in [5.74, 6) is 0.866. The smallest absolute Gasteiger partial charge is 0.410 e. The van der Waals surface area contributed by atoms with Gasteiger partial charge in [0.25, 0.3) is 0 Å². The topological polar surface area (TPSA) is 41.6 Å². The molecule has 0 aromatic heterocycles. The van der Waals surface area contributed by atoms with Crippen molar-refractivity contribution in [2.45, 2.75) is 65.0 Å². The van der Waals surface area contributed by atoms with Gasteiger partial charge in [0.2, 0.25) is 0 Å². The van der Waals surface area contributed by atoms with E-state index in [1.165, 1.54) is 24.8 Å². The Balaban J connectivity index is 1.73. The van der Waals surface area contributed by atoms with E-state index in [2.05, 4.69) is 18.3 Å². The molecule has 21 heavy (non-hydrogen) atoms. The molecule has 0 bridgehead atoms. The first-order chi connectivity index (χ1) is 9.83. The van der Waals surface area contributed by atoms with Gasteiger partial charge in [-0.3, -0.25) is 0 Å². The predicted octanol–water partition coefficient (Wildman–Crippen LogP) is 3.33. The summed E-state index contributed by atoms with van der Waals surface area (Å²) in [5.41, 5.74) is 1.01. The lowest BCUT2D eigenvalue weighted by molar-refractivity contribution is 0.0265. The van der Waals surface area contributed by atoms with Gasteiger partial charge in [0.15, 0.2) is 0 Å². The molecule has 2 unspecified atom stereocenters. The average molecular weight is 294 g/mol. The van der Waals surface area contributed by atoms with Crippen molar-refractivity contribution in [2.75, 3.05) is 19.6 Å². The van der Waals surface area contributed by atoms with Gasteiger partial charge >= 0.3 is 6.09 Å². The van der Waals surface area contributed by atoms with Crippen LogP contribution in [-0.2, 0) is 4.74 Å². The number of ether oxygens (including phenoxy) is 1. The zero-order valence-corrected chi connectivity index (χ0v) is 13.9. The van der Waals surface area contributed by atoms with Crippen molar-refractivity contribution >= 4 is 6.09 Å². The van der Waals surface area contributed by atoms with E-state index in [1.807, 2.05) is 20.8 Å². The minimum Gasteiger partial charge on any atom is -0.444 e. The van der Waals surface area contributed by atoms with E-state index in [9.17, 15) is 4.79 Å². The van der Waals surface area contributed by atoms with E-state index in [1.54, 1.807) is 4.90 Å². The Morgan fingerprint density at radius 1 is 1.43 bits per heavy atom. The van der Waals surface area contributed by atoms with Crippen LogP contribution in [0.3, 0.4) is 0 Å². The second kappa shape index (κ2) is 6.82. The molecule has 4 heteroatoms. The number of amides is 1. The summed E-state index contributed by atoms with van der Waals surface area (Å²) in [7, 11) is 0. The van der Waals surface area contributed by atoms with E-state index in [4.69, 9.17) is 4.74 Å². The monoisotopic (exact) mass is 294 g/mol. The molecule has 1 N–H and O–H groups in total. The van der Waals surface area contributed by atoms with Crippen LogP contribution in [-0.4, -0.2) is 42.3 Å². The normalized spacial score (nSPS) is 26.7. The second-order valence-corrected chi connectivity index (χ2v) is 7.53. The second-order valence-electron chi connectivity index (χ2n) is 7.53. The van der Waals surface area contributed by atoms with Gasteiger partial charge in [0.05, 0.1) is 0 Å². The summed E-state index contributed by atoms with van der Waals surface area (Å²) in [4.78, 5) is 13.8. The number of rotatable bonds is 3. The maximum Gasteiger partial charge on any atom is 0.410 e. The highest BCUT2D eigenvalue weighted by molar-refractivity contribution is 5.68. The molecule has 0 saturated heterocycles. The van der Waals surface area contributed by atoms with Crippen LogP contribution < -0.4 is 5.32 Å². The molecule has 2 rings (SSSR count). The number of hydrogen-bond acceptors (Lipinski definition) is 3. The summed E-state index contributed by atoms with van der Waals surface area (Å²) < 4.78 is 5.41. The van der Waals surface area contributed by atoms with E-state index >= 15 is 0 Å². The molecule has 0 aromatic carbocycles. The fraction of sp³-hybridized carbons (Fsp3) is 0.824. The van der Waals surface area contributed by atoms with Crippen molar-refractivity contribution in [3.63, 3.8) is 0 Å². The van der Waals surface area contributed by atoms with Crippen LogP contribution in [0.25, 0.3) is 0 Å². The van der Waals surface area contributed by atoms with Gasteiger partial charge in [0.1, 0.15) is 5.60 Å². The molecule has 1 heterocycles. The number of nitrogens with zero attached hydrogens (tertiary/aromatic N) is 1. The third-order valence-corrected chi connectivity index (χ3v) is 4.27. The Morgan fingerprint density at radius 3 is 2.71 bits per heavy atom. The van der Waals surface area contributed by atoms with Crippen molar-refractivity contribution in [2.24, 2.45) is 5.92 Å². The molecule has 1 saturated carbocycles. The van der Waals surface area contributed by atoms with Crippen LogP contribution in [0, 0.1) is 5.92 Å². The molecule has 1 aliphatic carbocycles. The van der Waals surface area contributed by atoms with Gasteiger partial charge in [0, 0.05) is 25.7 Å². The average Bonchev–Trinajstić information content (AvgIpc) is 2.81. The molecule has 4 nitrogen and oxygen atoms in total. The van der Waals surface area contributed by atoms with E-state index < -0.39 is 5.60 Å². The molecule has 120 valence electrons. The summed E-state index contributed by atoms with van der Waals surface area (Å²) in [6, 6.07) is 0.685. The molecule has 0 radical (unpaired) electrons. The number of nitrogens with one attached hydrogen (secondary N) is 1. The Hall–Kier alpha value is -1.03. The van der Waals surface area contributed by atoms with Crippen molar-refractivity contribution in [1.82, 2.24) is 10.2 Å². The molecule has 1 fully saturated rings. The highest BCUT2D eigenvalue weighted by atomic mass is 16.6. The zero-order chi connectivity index (χ0) is 15.5. The van der Waals surface area contributed by atoms with Crippen molar-refractivity contribution in [1.29, 1.82) is 0 Å². The molecule has 1 aliphatic heterocycles. The van der Waals surface area contributed by atoms with Gasteiger partial charge in [-0.2, -0.15) is 0 Å². The highest BCUT2D eigenvalue weighted by Gasteiger charge is 2.24. The molecule has 1 amide bonds. The fourth-order valence-corrected chi connectivity index (χ4v) is 3.03. The van der Waals surface area contributed by atoms with Crippen LogP contribution in [0.5, 0.6) is 0 Å². The standard InChI is InChI=1S/C17H30N2O2/c1-13-5-6-15(11-13)18-12-14-7-9-19(10-8-14)16(20)21-17(2,3)4/h7,13,15,18H,5-6,8-12H2,1-4H3. The summed E-state index contributed by atoms with van der Waals surface area (Å²) in [6.45, 7) is 10.5. The molecule has 0 aromatic rings. The predicted molar refractivity (Wildman–Crippen MR) is 85.3 cm³/mol. The van der Waals surface area contributed by atoms with Gasteiger partial charge in [-0.25, -0.2) is 4.79 Å². The third kappa shape index (κ3) is 5.34. The van der Waals surface area contributed by atoms with Crippen LogP contribution >= 0.6 is 0 Å². The van der Waals surface area contributed by atoms with E-state index in [0.717, 1.165) is 25.4 Å². The summed E-state index contributed by atoms with van der Waals surface area (Å²) >= 11 is 0. The molecular weight excluding hydrogens is 264 g/mol. The van der Waals surface area contributed by atoms with Crippen molar-refractivity contribution < 1.29 is 9.53 Å². The number of carbonyl (C=O) groups is 1. The Morgan fingerprint density at radius 2 is 2.19 bits per heavy atom. The Kier molecular flexibility index (Phi) is 5.31. The summed E-state index contributed by atoms with van der Waals surface area (Å²) in [5, 5.41) is 3.66. The van der Waals surface area contributed by atoms with Crippen LogP contribution in [0.4, 0.5) is 4.79 Å². The highest BCUT2D eigenvalue weighted by Crippen LogP contribution is 2.25. The molecule has 0 spiro atoms. The first-order valence-corrected chi connectivity index (χ1v) is 8.23. The summed E-state index contributed by atoms with van der Waals surface area (Å²) in [6.07, 6.45) is 6.89. The lowest BCUT2D eigenvalue weighted by Gasteiger charge is -2.30. The molecule has 2 atom stereocenters. The molecular formula is C17H30N2O2. The fourth-order valence-electron chi connectivity index (χ4n) is 3.03. The number of hydrogen-bond donors (Lipinski definition) is 1. The first kappa shape index (κ1) is 16.3. The largest absolute Gasteiger partial charge is 0.444 e. The first-order valence-electron chi connectivity index (χ1n) is 8.23. The maximum absolute atomic E-state index is 12.0. The van der Waals surface area contributed by atoms with Crippen LogP contribution in [0.2, 0.25) is 0 Å². The SMILES string of the molecule is CC1CCC(NCC2=CCN(C(=O)OC(C)(C)C)CC2)C1. The number of carbonyl (C=O) groups excluding carboxylic acids is 1. The van der Waals surface area contributed by atoms with E-state index in [-0.39, 0.29) is 6.09 Å². The van der Waals surface area contributed by atoms with Gasteiger partial charge in [-0.15, -0.1) is 0 Å². The Labute approximate surface area is 128 Å². The quantitative estimate of drug-likeness (QED) is 0.812. The molecule has 2 aliphatic rings. The van der Waals surface area contributed by atoms with Crippen LogP contribution in [0.1, 0.15) is 53.4 Å². The maximum atomic E-state index is 12.0. The minimum absolute atomic E-state index is 0.199. The lowest BCUT2D eigenvalue weighted by Crippen LogP contribution is -2.40. The van der Waals surface area contributed by atoms with Gasteiger partial charge in [-0.05, 0) is 52.4 Å². The third-order valence-electron chi connectivity index (χ3n) is 4.27. The Bertz CT molecular complexity index is 398. The van der Waals surface area contributed by atoms with Crippen molar-refractivity contribution in [3.05, 3.63) is 11.6 Å². The van der Waals surface area contributed by atoms with Gasteiger partial charge in [-0.1, -0.05) is 18.6 Å². The lowest BCUT2D eigenvalue weighted by atomic mass is 10.1. The van der Waals surface area contributed by atoms with Crippen LogP contribution in [0.15, 0.2) is 11.6 Å². The van der Waals surface area contributed by atoms with E-state index in [0.29, 0.717) is 12.6 Å². The minimum atomic E-state index is -0.415. The van der Waals surface area contributed by atoms with Gasteiger partial charge < -0.3 is 15.0 Å².